The van der Waals surface area contributed by atoms with Crippen molar-refractivity contribution < 1.29 is 9.59 Å². The first kappa shape index (κ1) is 25.1. The number of carbonyl (C=O) groups excluding carboxylic acids is 2. The Bertz CT molecular complexity index is 1260. The van der Waals surface area contributed by atoms with Crippen LogP contribution in [0.4, 0.5) is 10.9 Å². The second-order valence-corrected chi connectivity index (χ2v) is 9.51. The third-order valence-corrected chi connectivity index (χ3v) is 6.56. The Kier molecular flexibility index (Phi) is 8.82. The first-order chi connectivity index (χ1) is 17.6. The molecule has 2 aromatic carbocycles. The highest BCUT2D eigenvalue weighted by molar-refractivity contribution is 7.15. The summed E-state index contributed by atoms with van der Waals surface area (Å²) in [6.45, 7) is 1.88. The van der Waals surface area contributed by atoms with Crippen molar-refractivity contribution in [3.8, 4) is 0 Å². The van der Waals surface area contributed by atoms with Crippen molar-refractivity contribution in [3.05, 3.63) is 94.6 Å². The smallest absolute Gasteiger partial charge is 0.233 e. The second-order valence-electron chi connectivity index (χ2n) is 8.45. The first-order valence-electron chi connectivity index (χ1n) is 11.9. The fraction of sp³-hybridized carbons (Fsp3) is 0.259. The van der Waals surface area contributed by atoms with Crippen molar-refractivity contribution in [1.82, 2.24) is 20.4 Å². The highest BCUT2D eigenvalue weighted by Crippen LogP contribution is 2.21. The number of benzene rings is 2. The molecule has 0 fully saturated rings. The second kappa shape index (κ2) is 12.6. The summed E-state index contributed by atoms with van der Waals surface area (Å²) in [6.07, 6.45) is 3.69. The maximum atomic E-state index is 12.5. The monoisotopic (exact) mass is 500 g/mol. The molecule has 9 heteroatoms. The summed E-state index contributed by atoms with van der Waals surface area (Å²) in [5, 5.41) is 23.7. The van der Waals surface area contributed by atoms with Crippen LogP contribution in [0.1, 0.15) is 47.5 Å². The molecule has 4 aromatic rings. The zero-order chi connectivity index (χ0) is 25.2. The molecule has 2 N–H and O–H groups in total. The van der Waals surface area contributed by atoms with E-state index >= 15 is 0 Å². The van der Waals surface area contributed by atoms with Gasteiger partial charge in [-0.25, -0.2) is 0 Å². The molecule has 4 rings (SSSR count). The Balaban J connectivity index is 1.16. The lowest BCUT2D eigenvalue weighted by Crippen LogP contribution is -2.18. The normalized spacial score (nSPS) is 11.6. The van der Waals surface area contributed by atoms with Gasteiger partial charge in [-0.15, -0.1) is 15.3 Å². The summed E-state index contributed by atoms with van der Waals surface area (Å²) >= 11 is 1.41. The Morgan fingerprint density at radius 3 is 2.25 bits per heavy atom. The van der Waals surface area contributed by atoms with Gasteiger partial charge >= 0.3 is 0 Å². The fourth-order valence-corrected chi connectivity index (χ4v) is 4.41. The van der Waals surface area contributed by atoms with E-state index in [-0.39, 0.29) is 17.7 Å². The van der Waals surface area contributed by atoms with Crippen LogP contribution in [0, 0.1) is 0 Å². The number of unbranched alkanes of at least 4 members (excludes halogenated alkanes) is 1. The zero-order valence-electron chi connectivity index (χ0n) is 20.1. The number of anilines is 2. The zero-order valence-corrected chi connectivity index (χ0v) is 20.9. The van der Waals surface area contributed by atoms with E-state index in [1.165, 1.54) is 11.3 Å². The summed E-state index contributed by atoms with van der Waals surface area (Å²) in [6, 6.07) is 22.9. The highest BCUT2D eigenvalue weighted by Gasteiger charge is 2.17. The molecular formula is C27H28N6O2S. The molecule has 0 bridgehead atoms. The number of carbonyl (C=O) groups is 2. The third kappa shape index (κ3) is 7.51. The van der Waals surface area contributed by atoms with Gasteiger partial charge in [-0.1, -0.05) is 72.0 Å². The standard InChI is InChI=1S/C27H28N6O2S/c1-19(21-12-6-3-7-13-21)26(35)29-27-33-32-25(36-27)15-9-8-14-22-16-17-23(31-30-22)28-24(34)18-20-10-4-2-5-11-20/h2-7,10-13,16-17,19H,8-9,14-15,18H2,1H3,(H,28,31,34)(H,29,33,35)/t19-/m1/s1. The van der Waals surface area contributed by atoms with Crippen molar-refractivity contribution in [2.75, 3.05) is 10.6 Å². The SMILES string of the molecule is C[C@@H](C(=O)Nc1nnc(CCCCc2ccc(NC(=O)Cc3ccccc3)nn2)s1)c1ccccc1. The molecule has 8 nitrogen and oxygen atoms in total. The minimum Gasteiger partial charge on any atom is -0.309 e. The largest absolute Gasteiger partial charge is 0.309 e. The van der Waals surface area contributed by atoms with Crippen molar-refractivity contribution in [2.45, 2.75) is 44.9 Å². The Labute approximate surface area is 214 Å². The number of hydrogen-bond donors (Lipinski definition) is 2. The predicted molar refractivity (Wildman–Crippen MR) is 141 cm³/mol. The van der Waals surface area contributed by atoms with Crippen molar-refractivity contribution >= 4 is 34.1 Å². The van der Waals surface area contributed by atoms with E-state index in [4.69, 9.17) is 0 Å². The van der Waals surface area contributed by atoms with E-state index in [1.807, 2.05) is 73.7 Å². The van der Waals surface area contributed by atoms with Gasteiger partial charge in [0.2, 0.25) is 16.9 Å². The average molecular weight is 501 g/mol. The third-order valence-electron chi connectivity index (χ3n) is 5.66. The summed E-state index contributed by atoms with van der Waals surface area (Å²) < 4.78 is 0. The number of aryl methyl sites for hydroxylation is 2. The molecule has 0 unspecified atom stereocenters. The number of amides is 2. The molecular weight excluding hydrogens is 472 g/mol. The van der Waals surface area contributed by atoms with E-state index in [9.17, 15) is 9.59 Å². The fourth-order valence-electron chi connectivity index (χ4n) is 3.62. The molecule has 0 saturated carbocycles. The molecule has 0 aliphatic rings. The number of aromatic nitrogens is 4. The molecule has 1 atom stereocenters. The van der Waals surface area contributed by atoms with Crippen LogP contribution in [0.2, 0.25) is 0 Å². The van der Waals surface area contributed by atoms with Crippen LogP contribution in [-0.2, 0) is 28.9 Å². The summed E-state index contributed by atoms with van der Waals surface area (Å²) in [5.41, 5.74) is 2.79. The van der Waals surface area contributed by atoms with Crippen LogP contribution >= 0.6 is 11.3 Å². The highest BCUT2D eigenvalue weighted by atomic mass is 32.1. The van der Waals surface area contributed by atoms with Gasteiger partial charge in [-0.05, 0) is 49.4 Å². The van der Waals surface area contributed by atoms with E-state index in [1.54, 1.807) is 6.07 Å². The molecule has 0 saturated heterocycles. The Morgan fingerprint density at radius 1 is 0.806 bits per heavy atom. The molecule has 0 radical (unpaired) electrons. The molecule has 0 spiro atoms. The topological polar surface area (TPSA) is 110 Å². The van der Waals surface area contributed by atoms with Gasteiger partial charge in [0, 0.05) is 6.42 Å². The lowest BCUT2D eigenvalue weighted by atomic mass is 10.0. The maximum Gasteiger partial charge on any atom is 0.233 e. The van der Waals surface area contributed by atoms with Gasteiger partial charge in [0.15, 0.2) is 5.82 Å². The summed E-state index contributed by atoms with van der Waals surface area (Å²) in [4.78, 5) is 24.7. The van der Waals surface area contributed by atoms with Crippen LogP contribution in [0.3, 0.4) is 0 Å². The summed E-state index contributed by atoms with van der Waals surface area (Å²) in [5.74, 6) is -0.0273. The molecule has 0 aliphatic carbocycles. The van der Waals surface area contributed by atoms with Gasteiger partial charge < -0.3 is 10.6 Å². The number of rotatable bonds is 11. The lowest BCUT2D eigenvalue weighted by Gasteiger charge is -2.10. The molecule has 36 heavy (non-hydrogen) atoms. The van der Waals surface area contributed by atoms with Crippen LogP contribution in [0.5, 0.6) is 0 Å². The number of hydrogen-bond acceptors (Lipinski definition) is 7. The predicted octanol–water partition coefficient (Wildman–Crippen LogP) is 4.82. The van der Waals surface area contributed by atoms with E-state index in [0.29, 0.717) is 17.4 Å². The van der Waals surface area contributed by atoms with Gasteiger partial charge in [-0.3, -0.25) is 9.59 Å². The molecule has 2 amide bonds. The van der Waals surface area contributed by atoms with Crippen LogP contribution in [0.25, 0.3) is 0 Å². The van der Waals surface area contributed by atoms with Crippen molar-refractivity contribution in [2.24, 2.45) is 0 Å². The number of nitrogens with one attached hydrogen (secondary N) is 2. The van der Waals surface area contributed by atoms with Crippen LogP contribution in [-0.4, -0.2) is 32.2 Å². The average Bonchev–Trinajstić information content (AvgIpc) is 3.35. The van der Waals surface area contributed by atoms with Gasteiger partial charge in [-0.2, -0.15) is 5.10 Å². The van der Waals surface area contributed by atoms with E-state index in [2.05, 4.69) is 31.0 Å². The summed E-state index contributed by atoms with van der Waals surface area (Å²) in [7, 11) is 0. The maximum absolute atomic E-state index is 12.5. The van der Waals surface area contributed by atoms with Crippen LogP contribution in [0.15, 0.2) is 72.8 Å². The van der Waals surface area contributed by atoms with Crippen LogP contribution < -0.4 is 10.6 Å². The molecule has 2 heterocycles. The van der Waals surface area contributed by atoms with Crippen molar-refractivity contribution in [1.29, 1.82) is 0 Å². The minimum absolute atomic E-state index is 0.0952. The van der Waals surface area contributed by atoms with E-state index in [0.717, 1.165) is 47.5 Å². The Morgan fingerprint density at radius 2 is 1.53 bits per heavy atom. The molecule has 0 aliphatic heterocycles. The van der Waals surface area contributed by atoms with E-state index < -0.39 is 0 Å². The molecule has 2 aromatic heterocycles. The van der Waals surface area contributed by atoms with Gasteiger partial charge in [0.1, 0.15) is 5.01 Å². The lowest BCUT2D eigenvalue weighted by molar-refractivity contribution is -0.117. The minimum atomic E-state index is -0.261. The molecule has 184 valence electrons. The first-order valence-corrected chi connectivity index (χ1v) is 12.7. The van der Waals surface area contributed by atoms with Gasteiger partial charge in [0.05, 0.1) is 18.0 Å². The number of nitrogens with zero attached hydrogens (tertiary/aromatic N) is 4. The van der Waals surface area contributed by atoms with Crippen molar-refractivity contribution in [3.63, 3.8) is 0 Å². The quantitative estimate of drug-likeness (QED) is 0.286. The Hall–Kier alpha value is -3.98. The van der Waals surface area contributed by atoms with Gasteiger partial charge in [0.25, 0.3) is 0 Å².